The van der Waals surface area contributed by atoms with Gasteiger partial charge in [0, 0.05) is 27.4 Å². The lowest BCUT2D eigenvalue weighted by Gasteiger charge is -2.17. The Hall–Kier alpha value is -2.66. The molecule has 1 unspecified atom stereocenters. The summed E-state index contributed by atoms with van der Waals surface area (Å²) in [4.78, 5) is 0. The zero-order valence-corrected chi connectivity index (χ0v) is 15.5. The summed E-state index contributed by atoms with van der Waals surface area (Å²) in [7, 11) is -4.44. The summed E-state index contributed by atoms with van der Waals surface area (Å²) in [5.41, 5.74) is 18.0. The summed E-state index contributed by atoms with van der Waals surface area (Å²) in [6.45, 7) is 0. The van der Waals surface area contributed by atoms with E-state index in [1.54, 1.807) is 30.3 Å². The number of nitrogen functional groups attached to an aromatic ring is 1. The summed E-state index contributed by atoms with van der Waals surface area (Å²) in [6, 6.07) is 11.6. The molecule has 27 heavy (non-hydrogen) atoms. The molecule has 8 N–H and O–H groups in total. The monoisotopic (exact) mass is 411 g/mol. The van der Waals surface area contributed by atoms with Crippen LogP contribution in [0.4, 0.5) is 5.69 Å². The largest absolute Gasteiger partial charge is 0.398 e. The van der Waals surface area contributed by atoms with Crippen molar-refractivity contribution in [3.63, 3.8) is 0 Å². The molecule has 2 aromatic carbocycles. The SMILES string of the molecule is NC(N)=N/N=C(/c1ccccc1)c1cc(Cl)cc(C(O)CS(=O)(=O)O)c1N. The third-order valence-electron chi connectivity index (χ3n) is 3.47. The standard InChI is InChI=1S/C16H18ClN5O4S/c17-10-6-11(13(23)8-27(24,25)26)14(18)12(7-10)15(21-22-16(19)20)9-4-2-1-3-5-9/h1-7,13,23H,8,18H2,(H4,19,20,22)(H,24,25,26)/b21-15-. The molecule has 11 heteroatoms. The van der Waals surface area contributed by atoms with E-state index in [1.807, 2.05) is 0 Å². The summed E-state index contributed by atoms with van der Waals surface area (Å²) in [6.07, 6.45) is -1.60. The highest BCUT2D eigenvalue weighted by Gasteiger charge is 2.22. The molecule has 0 aromatic heterocycles. The molecule has 0 aliphatic rings. The van der Waals surface area contributed by atoms with Crippen molar-refractivity contribution in [1.29, 1.82) is 0 Å². The molecular formula is C16H18ClN5O4S. The first-order chi connectivity index (χ1) is 12.6. The normalized spacial score (nSPS) is 13.2. The van der Waals surface area contributed by atoms with Gasteiger partial charge < -0.3 is 22.3 Å². The van der Waals surface area contributed by atoms with Gasteiger partial charge in [0.2, 0.25) is 5.96 Å². The van der Waals surface area contributed by atoms with Gasteiger partial charge in [-0.3, -0.25) is 4.55 Å². The molecular weight excluding hydrogens is 394 g/mol. The van der Waals surface area contributed by atoms with E-state index in [-0.39, 0.29) is 33.5 Å². The molecule has 1 atom stereocenters. The van der Waals surface area contributed by atoms with Crippen molar-refractivity contribution in [3.05, 3.63) is 64.2 Å². The molecule has 0 aliphatic carbocycles. The lowest BCUT2D eigenvalue weighted by atomic mass is 9.96. The predicted octanol–water partition coefficient (Wildman–Crippen LogP) is 0.869. The molecule has 0 spiro atoms. The molecule has 0 radical (unpaired) electrons. The van der Waals surface area contributed by atoms with E-state index in [1.165, 1.54) is 12.1 Å². The molecule has 0 bridgehead atoms. The van der Waals surface area contributed by atoms with Gasteiger partial charge in [-0.25, -0.2) is 0 Å². The Bertz CT molecular complexity index is 989. The van der Waals surface area contributed by atoms with E-state index in [0.29, 0.717) is 5.56 Å². The number of nitrogens with zero attached hydrogens (tertiary/aromatic N) is 2. The fourth-order valence-corrected chi connectivity index (χ4v) is 3.18. The fourth-order valence-electron chi connectivity index (χ4n) is 2.37. The minimum Gasteiger partial charge on any atom is -0.398 e. The molecule has 144 valence electrons. The number of anilines is 1. The molecule has 2 rings (SSSR count). The Morgan fingerprint density at radius 2 is 1.78 bits per heavy atom. The van der Waals surface area contributed by atoms with Crippen LogP contribution in [-0.2, 0) is 10.1 Å². The van der Waals surface area contributed by atoms with Gasteiger partial charge >= 0.3 is 0 Å². The van der Waals surface area contributed by atoms with Crippen LogP contribution in [0.15, 0.2) is 52.7 Å². The van der Waals surface area contributed by atoms with Gasteiger partial charge in [0.05, 0.1) is 6.10 Å². The van der Waals surface area contributed by atoms with Crippen LogP contribution in [0.2, 0.25) is 5.02 Å². The van der Waals surface area contributed by atoms with Crippen molar-refractivity contribution in [2.24, 2.45) is 21.7 Å². The molecule has 0 amide bonds. The highest BCUT2D eigenvalue weighted by molar-refractivity contribution is 7.85. The minimum atomic E-state index is -4.44. The number of halogens is 1. The maximum Gasteiger partial charge on any atom is 0.267 e. The molecule has 0 aliphatic heterocycles. The van der Waals surface area contributed by atoms with Gasteiger partial charge in [0.25, 0.3) is 10.1 Å². The highest BCUT2D eigenvalue weighted by atomic mass is 35.5. The maximum absolute atomic E-state index is 11.1. The topological polar surface area (TPSA) is 177 Å². The number of guanidine groups is 1. The lowest BCUT2D eigenvalue weighted by Crippen LogP contribution is -2.22. The van der Waals surface area contributed by atoms with Gasteiger partial charge in [-0.05, 0) is 12.1 Å². The van der Waals surface area contributed by atoms with Crippen LogP contribution < -0.4 is 17.2 Å². The van der Waals surface area contributed by atoms with E-state index in [0.717, 1.165) is 0 Å². The quantitative estimate of drug-likeness (QED) is 0.154. The number of hydrogen-bond acceptors (Lipinski definition) is 6. The first-order valence-corrected chi connectivity index (χ1v) is 9.51. The lowest BCUT2D eigenvalue weighted by molar-refractivity contribution is 0.200. The number of nitrogens with two attached hydrogens (primary N) is 3. The fraction of sp³-hybridized carbons (Fsp3) is 0.125. The van der Waals surface area contributed by atoms with Crippen LogP contribution in [0.25, 0.3) is 0 Å². The average Bonchev–Trinajstić information content (AvgIpc) is 2.56. The van der Waals surface area contributed by atoms with Gasteiger partial charge in [0.1, 0.15) is 11.5 Å². The minimum absolute atomic E-state index is 0.0171. The second kappa shape index (κ2) is 8.35. The van der Waals surface area contributed by atoms with Crippen LogP contribution in [0, 0.1) is 0 Å². The van der Waals surface area contributed by atoms with Crippen LogP contribution >= 0.6 is 11.6 Å². The summed E-state index contributed by atoms with van der Waals surface area (Å²) < 4.78 is 31.1. The Morgan fingerprint density at radius 3 is 2.33 bits per heavy atom. The summed E-state index contributed by atoms with van der Waals surface area (Å²) >= 11 is 6.11. The number of hydrogen-bond donors (Lipinski definition) is 5. The third kappa shape index (κ3) is 5.66. The van der Waals surface area contributed by atoms with Gasteiger partial charge in [-0.1, -0.05) is 41.9 Å². The van der Waals surface area contributed by atoms with Crippen LogP contribution in [0.5, 0.6) is 0 Å². The van der Waals surface area contributed by atoms with Gasteiger partial charge in [0.15, 0.2) is 0 Å². The summed E-state index contributed by atoms with van der Waals surface area (Å²) in [5.74, 6) is -1.22. The number of aliphatic hydroxyl groups excluding tert-OH is 1. The number of aliphatic hydroxyl groups is 1. The average molecular weight is 412 g/mol. The molecule has 0 fully saturated rings. The van der Waals surface area contributed by atoms with E-state index >= 15 is 0 Å². The number of rotatable bonds is 6. The van der Waals surface area contributed by atoms with Crippen molar-refractivity contribution in [2.75, 3.05) is 11.5 Å². The second-order valence-corrected chi connectivity index (χ2v) is 7.49. The Labute approximate surface area is 160 Å². The van der Waals surface area contributed by atoms with Crippen LogP contribution in [0.1, 0.15) is 22.8 Å². The third-order valence-corrected chi connectivity index (χ3v) is 4.43. The molecule has 0 heterocycles. The Balaban J connectivity index is 2.67. The first kappa shape index (κ1) is 20.6. The Kier molecular flexibility index (Phi) is 6.39. The maximum atomic E-state index is 11.1. The number of benzene rings is 2. The predicted molar refractivity (Wildman–Crippen MR) is 105 cm³/mol. The van der Waals surface area contributed by atoms with Gasteiger partial charge in [-0.2, -0.15) is 8.42 Å². The first-order valence-electron chi connectivity index (χ1n) is 7.53. The van der Waals surface area contributed by atoms with Crippen LogP contribution in [-0.4, -0.2) is 35.5 Å². The zero-order chi connectivity index (χ0) is 20.2. The molecule has 0 saturated heterocycles. The zero-order valence-electron chi connectivity index (χ0n) is 13.9. The van der Waals surface area contributed by atoms with Crippen molar-refractivity contribution >= 4 is 39.1 Å². The van der Waals surface area contributed by atoms with E-state index in [4.69, 9.17) is 33.4 Å². The molecule has 9 nitrogen and oxygen atoms in total. The van der Waals surface area contributed by atoms with Crippen LogP contribution in [0.3, 0.4) is 0 Å². The van der Waals surface area contributed by atoms with Crippen molar-refractivity contribution in [1.82, 2.24) is 0 Å². The second-order valence-electron chi connectivity index (χ2n) is 5.56. The van der Waals surface area contributed by atoms with Crippen molar-refractivity contribution in [2.45, 2.75) is 6.10 Å². The van der Waals surface area contributed by atoms with E-state index < -0.39 is 22.0 Å². The van der Waals surface area contributed by atoms with Crippen molar-refractivity contribution < 1.29 is 18.1 Å². The smallest absolute Gasteiger partial charge is 0.267 e. The van der Waals surface area contributed by atoms with Crippen molar-refractivity contribution in [3.8, 4) is 0 Å². The Morgan fingerprint density at radius 1 is 1.15 bits per heavy atom. The van der Waals surface area contributed by atoms with E-state index in [9.17, 15) is 13.5 Å². The molecule has 2 aromatic rings. The summed E-state index contributed by atoms with van der Waals surface area (Å²) in [5, 5.41) is 18.0. The van der Waals surface area contributed by atoms with E-state index in [2.05, 4.69) is 10.2 Å². The van der Waals surface area contributed by atoms with Gasteiger partial charge in [-0.15, -0.1) is 10.2 Å². The molecule has 0 saturated carbocycles. The highest BCUT2D eigenvalue weighted by Crippen LogP contribution is 2.31.